The second kappa shape index (κ2) is 9.20. The summed E-state index contributed by atoms with van der Waals surface area (Å²) < 4.78 is 24.6. The molecule has 0 radical (unpaired) electrons. The average molecular weight is 470 g/mol. The van der Waals surface area contributed by atoms with E-state index in [1.165, 1.54) is 4.90 Å². The zero-order valence-electron chi connectivity index (χ0n) is 21.8. The van der Waals surface area contributed by atoms with Gasteiger partial charge in [0.25, 0.3) is 0 Å². The van der Waals surface area contributed by atoms with Crippen LogP contribution in [0, 0.1) is 5.92 Å². The largest absolute Gasteiger partial charge is 0.443 e. The van der Waals surface area contributed by atoms with Crippen molar-refractivity contribution in [3.05, 3.63) is 12.2 Å². The van der Waals surface area contributed by atoms with Gasteiger partial charge in [0.15, 0.2) is 14.1 Å². The monoisotopic (exact) mass is 469 g/mol. The second-order valence-corrected chi connectivity index (χ2v) is 16.6. The Balaban J connectivity index is 2.54. The minimum Gasteiger partial charge on any atom is -0.443 e. The van der Waals surface area contributed by atoms with E-state index in [1.807, 2.05) is 32.9 Å². The van der Waals surface area contributed by atoms with Gasteiger partial charge in [0.05, 0.1) is 18.8 Å². The molecule has 4 atom stereocenters. The number of carbonyl (C=O) groups is 2. The van der Waals surface area contributed by atoms with Crippen molar-refractivity contribution in [1.29, 1.82) is 0 Å². The third kappa shape index (κ3) is 6.21. The van der Waals surface area contributed by atoms with E-state index in [4.69, 9.17) is 18.6 Å². The molecule has 0 aliphatic carbocycles. The Morgan fingerprint density at radius 3 is 2.25 bits per heavy atom. The first-order chi connectivity index (χ1) is 14.4. The fraction of sp³-hybridized carbons (Fsp3) is 0.833. The fourth-order valence-electron chi connectivity index (χ4n) is 3.89. The summed E-state index contributed by atoms with van der Waals surface area (Å²) in [6, 6.07) is -0.537. The fourth-order valence-corrected chi connectivity index (χ4v) is 5.22. The maximum absolute atomic E-state index is 13.2. The maximum atomic E-state index is 13.2. The minimum absolute atomic E-state index is 0.0598. The third-order valence-electron chi connectivity index (χ3n) is 6.42. The molecule has 7 nitrogen and oxygen atoms in total. The van der Waals surface area contributed by atoms with Crippen LogP contribution in [0.15, 0.2) is 12.2 Å². The van der Waals surface area contributed by atoms with Crippen molar-refractivity contribution >= 4 is 20.3 Å². The predicted molar refractivity (Wildman–Crippen MR) is 127 cm³/mol. The summed E-state index contributed by atoms with van der Waals surface area (Å²) in [7, 11) is -2.28. The van der Waals surface area contributed by atoms with Crippen molar-refractivity contribution in [2.75, 3.05) is 6.61 Å². The normalized spacial score (nSPS) is 27.9. The van der Waals surface area contributed by atoms with E-state index in [1.54, 1.807) is 20.8 Å². The molecule has 32 heavy (non-hydrogen) atoms. The molecule has 2 aliphatic rings. The number of likely N-dealkylation sites (tertiary alicyclic amines) is 1. The van der Waals surface area contributed by atoms with Gasteiger partial charge in [0.1, 0.15) is 11.7 Å². The zero-order chi connectivity index (χ0) is 24.7. The Bertz CT molecular complexity index is 734. The maximum Gasteiger partial charge on any atom is 0.417 e. The number of rotatable bonds is 5. The number of allylic oxidation sites excluding steroid dienone is 1. The van der Waals surface area contributed by atoms with E-state index in [2.05, 4.69) is 33.9 Å². The second-order valence-electron chi connectivity index (χ2n) is 11.8. The van der Waals surface area contributed by atoms with Gasteiger partial charge in [-0.25, -0.2) is 9.69 Å². The molecule has 2 rings (SSSR count). The number of hydrogen-bond acceptors (Lipinski definition) is 6. The summed E-state index contributed by atoms with van der Waals surface area (Å²) in [6.07, 6.45) is 2.55. The molecular formula is C24H43NO6Si. The molecule has 2 aliphatic heterocycles. The number of ether oxygens (including phenoxy) is 3. The van der Waals surface area contributed by atoms with Crippen LogP contribution < -0.4 is 0 Å². The van der Waals surface area contributed by atoms with Crippen molar-refractivity contribution in [1.82, 2.24) is 4.90 Å². The van der Waals surface area contributed by atoms with Gasteiger partial charge in [0, 0.05) is 12.3 Å². The van der Waals surface area contributed by atoms with Gasteiger partial charge >= 0.3 is 6.09 Å². The van der Waals surface area contributed by atoms with Gasteiger partial charge in [-0.3, -0.25) is 4.79 Å². The van der Waals surface area contributed by atoms with Crippen molar-refractivity contribution in [3.8, 4) is 0 Å². The Morgan fingerprint density at radius 2 is 1.81 bits per heavy atom. The standard InChI is InChI=1S/C24H43NO6Si/c1-12-13-16-14-18(26)25(21(27)30-22(2,3)4)19(16)20(17-15-28-24(8,9)29-17)31-32(10,11)23(5,6)7/h12-13,16-17,19-20H,14-15H2,1-11H3/b13-12-/t16-,17?,19-,20-/m1/s1. The van der Waals surface area contributed by atoms with Gasteiger partial charge in [-0.2, -0.15) is 0 Å². The summed E-state index contributed by atoms with van der Waals surface area (Å²) in [5.74, 6) is -1.20. The molecule has 2 saturated heterocycles. The predicted octanol–water partition coefficient (Wildman–Crippen LogP) is 5.26. The lowest BCUT2D eigenvalue weighted by atomic mass is 9.92. The van der Waals surface area contributed by atoms with E-state index in [0.29, 0.717) is 6.61 Å². The molecule has 0 aromatic rings. The number of imide groups is 1. The lowest BCUT2D eigenvalue weighted by Crippen LogP contribution is -2.58. The molecule has 0 aromatic carbocycles. The van der Waals surface area contributed by atoms with Crippen LogP contribution in [0.3, 0.4) is 0 Å². The number of amides is 2. The highest BCUT2D eigenvalue weighted by molar-refractivity contribution is 6.74. The molecule has 0 saturated carbocycles. The highest BCUT2D eigenvalue weighted by Crippen LogP contribution is 2.42. The number of nitrogens with zero attached hydrogens (tertiary/aromatic N) is 1. The molecule has 0 aromatic heterocycles. The van der Waals surface area contributed by atoms with Crippen molar-refractivity contribution in [2.45, 2.75) is 117 Å². The molecule has 0 bridgehead atoms. The molecule has 0 spiro atoms. The summed E-state index contributed by atoms with van der Waals surface area (Å²) in [4.78, 5) is 27.5. The lowest BCUT2D eigenvalue weighted by Gasteiger charge is -2.44. The zero-order valence-corrected chi connectivity index (χ0v) is 22.8. The van der Waals surface area contributed by atoms with Crippen LogP contribution in [0.1, 0.15) is 68.7 Å². The first-order valence-electron chi connectivity index (χ1n) is 11.6. The van der Waals surface area contributed by atoms with E-state index in [0.717, 1.165) is 0 Å². The first kappa shape index (κ1) is 27.0. The summed E-state index contributed by atoms with van der Waals surface area (Å²) in [6.45, 7) is 22.2. The van der Waals surface area contributed by atoms with E-state index < -0.39 is 44.0 Å². The Kier molecular flexibility index (Phi) is 7.77. The van der Waals surface area contributed by atoms with Gasteiger partial charge in [-0.1, -0.05) is 32.9 Å². The molecule has 8 heteroatoms. The number of hydrogen-bond donors (Lipinski definition) is 0. The van der Waals surface area contributed by atoms with Crippen LogP contribution in [0.4, 0.5) is 4.79 Å². The first-order valence-corrected chi connectivity index (χ1v) is 14.5. The van der Waals surface area contributed by atoms with Gasteiger partial charge in [0.2, 0.25) is 5.91 Å². The highest BCUT2D eigenvalue weighted by atomic mass is 28.4. The number of carbonyl (C=O) groups excluding carboxylic acids is 2. The van der Waals surface area contributed by atoms with Crippen molar-refractivity contribution in [3.63, 3.8) is 0 Å². The van der Waals surface area contributed by atoms with Gasteiger partial charge in [-0.15, -0.1) is 0 Å². The van der Waals surface area contributed by atoms with Crippen LogP contribution >= 0.6 is 0 Å². The Hall–Kier alpha value is -1.22. The third-order valence-corrected chi connectivity index (χ3v) is 10.9. The summed E-state index contributed by atoms with van der Waals surface area (Å²) in [5.41, 5.74) is -0.717. The van der Waals surface area contributed by atoms with Crippen LogP contribution in [0.25, 0.3) is 0 Å². The van der Waals surface area contributed by atoms with Crippen LogP contribution in [0.5, 0.6) is 0 Å². The van der Waals surface area contributed by atoms with Crippen molar-refractivity contribution in [2.24, 2.45) is 5.92 Å². The molecule has 2 amide bonds. The topological polar surface area (TPSA) is 74.3 Å². The molecule has 0 N–H and O–H groups in total. The Morgan fingerprint density at radius 1 is 1.22 bits per heavy atom. The minimum atomic E-state index is -2.28. The van der Waals surface area contributed by atoms with Gasteiger partial charge < -0.3 is 18.6 Å². The Labute approximate surface area is 194 Å². The summed E-state index contributed by atoms with van der Waals surface area (Å²) >= 11 is 0. The van der Waals surface area contributed by atoms with Crippen LogP contribution in [0.2, 0.25) is 18.1 Å². The molecule has 1 unspecified atom stereocenters. The van der Waals surface area contributed by atoms with Gasteiger partial charge in [-0.05, 0) is 59.7 Å². The van der Waals surface area contributed by atoms with E-state index in [9.17, 15) is 9.59 Å². The molecule has 2 heterocycles. The van der Waals surface area contributed by atoms with Crippen LogP contribution in [-0.4, -0.2) is 61.5 Å². The highest BCUT2D eigenvalue weighted by Gasteiger charge is 2.55. The molecular weight excluding hydrogens is 426 g/mol. The summed E-state index contributed by atoms with van der Waals surface area (Å²) in [5, 5.41) is -0.0598. The average Bonchev–Trinajstić information content (AvgIpc) is 3.09. The van der Waals surface area contributed by atoms with E-state index >= 15 is 0 Å². The molecule has 184 valence electrons. The van der Waals surface area contributed by atoms with E-state index in [-0.39, 0.29) is 23.3 Å². The molecule has 2 fully saturated rings. The quantitative estimate of drug-likeness (QED) is 0.404. The SMILES string of the molecule is C/C=C\[C@@H]1CC(=O)N(C(=O)OC(C)(C)C)[C@H]1[C@H](O[Si](C)(C)C(C)(C)C)C1COC(C)(C)O1. The lowest BCUT2D eigenvalue weighted by molar-refractivity contribution is -0.155. The smallest absolute Gasteiger partial charge is 0.417 e. The van der Waals surface area contributed by atoms with Crippen molar-refractivity contribution < 1.29 is 28.2 Å². The van der Waals surface area contributed by atoms with Crippen LogP contribution in [-0.2, 0) is 23.4 Å².